The topological polar surface area (TPSA) is 45.5 Å². The van der Waals surface area contributed by atoms with Crippen molar-refractivity contribution < 1.29 is 9.90 Å². The Hall–Kier alpha value is -2.07. The zero-order valence-corrected chi connectivity index (χ0v) is 11.7. The number of carbonyl (C=O) groups is 1. The molecule has 1 N–H and O–H groups in total. The van der Waals surface area contributed by atoms with E-state index in [4.69, 9.17) is 5.11 Å². The number of aromatic nitrogens is 1. The maximum absolute atomic E-state index is 12.4. The maximum atomic E-state index is 12.4. The Morgan fingerprint density at radius 1 is 1.15 bits per heavy atom. The smallest absolute Gasteiger partial charge is 0.270 e. The molecule has 0 aliphatic heterocycles. The lowest BCUT2D eigenvalue weighted by molar-refractivity contribution is 0.0714. The first-order chi connectivity index (χ1) is 9.72. The molecule has 0 atom stereocenters. The van der Waals surface area contributed by atoms with Gasteiger partial charge in [0.15, 0.2) is 0 Å². The third-order valence-electron chi connectivity index (χ3n) is 3.33. The zero-order chi connectivity index (χ0) is 14.4. The van der Waals surface area contributed by atoms with Crippen molar-refractivity contribution in [3.8, 4) is 0 Å². The molecule has 0 saturated heterocycles. The lowest BCUT2D eigenvalue weighted by Crippen LogP contribution is -2.36. The van der Waals surface area contributed by atoms with Crippen LogP contribution < -0.4 is 0 Å². The third-order valence-corrected chi connectivity index (χ3v) is 3.33. The van der Waals surface area contributed by atoms with Gasteiger partial charge in [-0.15, -0.1) is 0 Å². The summed E-state index contributed by atoms with van der Waals surface area (Å²) in [6.45, 7) is 0.941. The molecule has 1 amide bonds. The average molecular weight is 272 g/mol. The van der Waals surface area contributed by atoms with E-state index in [0.717, 1.165) is 6.42 Å². The van der Waals surface area contributed by atoms with Gasteiger partial charge in [0.2, 0.25) is 0 Å². The van der Waals surface area contributed by atoms with Gasteiger partial charge < -0.3 is 14.6 Å². The predicted molar refractivity (Wildman–Crippen MR) is 78.5 cm³/mol. The van der Waals surface area contributed by atoms with E-state index in [1.54, 1.807) is 15.5 Å². The van der Waals surface area contributed by atoms with E-state index in [1.165, 1.54) is 5.56 Å². The van der Waals surface area contributed by atoms with E-state index in [9.17, 15) is 4.79 Å². The molecule has 0 unspecified atom stereocenters. The molecule has 20 heavy (non-hydrogen) atoms. The number of benzene rings is 1. The first-order valence-electron chi connectivity index (χ1n) is 6.78. The second-order valence-corrected chi connectivity index (χ2v) is 4.76. The number of aryl methyl sites for hydroxylation is 1. The molecule has 0 bridgehead atoms. The molecule has 2 aromatic rings. The van der Waals surface area contributed by atoms with Crippen LogP contribution in [0.3, 0.4) is 0 Å². The molecule has 4 nitrogen and oxygen atoms in total. The highest BCUT2D eigenvalue weighted by Gasteiger charge is 2.17. The first kappa shape index (κ1) is 14.3. The lowest BCUT2D eigenvalue weighted by Gasteiger charge is -2.22. The van der Waals surface area contributed by atoms with Gasteiger partial charge >= 0.3 is 0 Å². The molecule has 1 heterocycles. The van der Waals surface area contributed by atoms with Crippen molar-refractivity contribution in [1.82, 2.24) is 9.47 Å². The summed E-state index contributed by atoms with van der Waals surface area (Å²) in [5.41, 5.74) is 1.83. The van der Waals surface area contributed by atoms with Crippen molar-refractivity contribution >= 4 is 5.91 Å². The fraction of sp³-hybridized carbons (Fsp3) is 0.312. The quantitative estimate of drug-likeness (QED) is 0.870. The lowest BCUT2D eigenvalue weighted by atomic mass is 10.1. The number of rotatable bonds is 6. The largest absolute Gasteiger partial charge is 0.395 e. The van der Waals surface area contributed by atoms with Crippen LogP contribution in [0.15, 0.2) is 48.7 Å². The summed E-state index contributed by atoms with van der Waals surface area (Å²) in [4.78, 5) is 14.1. The minimum atomic E-state index is -0.0394. The van der Waals surface area contributed by atoms with Crippen LogP contribution in [0.25, 0.3) is 0 Å². The van der Waals surface area contributed by atoms with Crippen LogP contribution in [0.5, 0.6) is 0 Å². The molecule has 0 radical (unpaired) electrons. The van der Waals surface area contributed by atoms with Crippen molar-refractivity contribution in [2.24, 2.45) is 7.05 Å². The normalized spacial score (nSPS) is 10.5. The highest BCUT2D eigenvalue weighted by Crippen LogP contribution is 2.07. The number of carbonyl (C=O) groups excluding carboxylic acids is 1. The molecule has 1 aromatic heterocycles. The van der Waals surface area contributed by atoms with Gasteiger partial charge in [0.25, 0.3) is 5.91 Å². The fourth-order valence-electron chi connectivity index (χ4n) is 2.19. The van der Waals surface area contributed by atoms with Crippen LogP contribution >= 0.6 is 0 Å². The standard InChI is InChI=1S/C16H20N2O2/c1-17-10-5-8-15(17)16(20)18(12-13-19)11-9-14-6-3-2-4-7-14/h2-8,10,19H,9,11-13H2,1H3. The Labute approximate surface area is 119 Å². The summed E-state index contributed by atoms with van der Waals surface area (Å²) in [6, 6.07) is 13.7. The first-order valence-corrected chi connectivity index (χ1v) is 6.78. The minimum Gasteiger partial charge on any atom is -0.395 e. The second kappa shape index (κ2) is 6.91. The molecule has 4 heteroatoms. The van der Waals surface area contributed by atoms with Gasteiger partial charge in [-0.05, 0) is 24.1 Å². The Balaban J connectivity index is 2.03. The van der Waals surface area contributed by atoms with Crippen LogP contribution in [0.2, 0.25) is 0 Å². The molecular weight excluding hydrogens is 252 g/mol. The van der Waals surface area contributed by atoms with Gasteiger partial charge in [-0.25, -0.2) is 0 Å². The van der Waals surface area contributed by atoms with E-state index >= 15 is 0 Å². The SMILES string of the molecule is Cn1cccc1C(=O)N(CCO)CCc1ccccc1. The molecule has 1 aromatic carbocycles. The second-order valence-electron chi connectivity index (χ2n) is 4.76. The molecule has 0 aliphatic rings. The molecule has 0 aliphatic carbocycles. The number of amides is 1. The van der Waals surface area contributed by atoms with Crippen LogP contribution in [0, 0.1) is 0 Å². The summed E-state index contributed by atoms with van der Waals surface area (Å²) >= 11 is 0. The Morgan fingerprint density at radius 3 is 2.50 bits per heavy atom. The monoisotopic (exact) mass is 272 g/mol. The highest BCUT2D eigenvalue weighted by molar-refractivity contribution is 5.92. The van der Waals surface area contributed by atoms with E-state index in [2.05, 4.69) is 0 Å². The average Bonchev–Trinajstić information content (AvgIpc) is 2.90. The number of nitrogens with zero attached hydrogens (tertiary/aromatic N) is 2. The summed E-state index contributed by atoms with van der Waals surface area (Å²) < 4.78 is 1.80. The van der Waals surface area contributed by atoms with Crippen LogP contribution in [-0.4, -0.2) is 40.2 Å². The van der Waals surface area contributed by atoms with Crippen molar-refractivity contribution in [2.75, 3.05) is 19.7 Å². The summed E-state index contributed by atoms with van der Waals surface area (Å²) in [5.74, 6) is -0.0394. The van der Waals surface area contributed by atoms with Crippen molar-refractivity contribution in [1.29, 1.82) is 0 Å². The molecule has 0 spiro atoms. The van der Waals surface area contributed by atoms with Crippen LogP contribution in [-0.2, 0) is 13.5 Å². The van der Waals surface area contributed by atoms with Gasteiger partial charge in [-0.1, -0.05) is 30.3 Å². The van der Waals surface area contributed by atoms with Crippen LogP contribution in [0.4, 0.5) is 0 Å². The van der Waals surface area contributed by atoms with Crippen LogP contribution in [0.1, 0.15) is 16.1 Å². The number of hydrogen-bond acceptors (Lipinski definition) is 2. The Bertz CT molecular complexity index is 549. The van der Waals surface area contributed by atoms with Crippen molar-refractivity contribution in [3.63, 3.8) is 0 Å². The van der Waals surface area contributed by atoms with Gasteiger partial charge in [0.05, 0.1) is 6.61 Å². The predicted octanol–water partition coefficient (Wildman–Crippen LogP) is 1.70. The number of hydrogen-bond donors (Lipinski definition) is 1. The molecule has 0 fully saturated rings. The van der Waals surface area contributed by atoms with Gasteiger partial charge in [-0.2, -0.15) is 0 Å². The Morgan fingerprint density at radius 2 is 1.90 bits per heavy atom. The van der Waals surface area contributed by atoms with E-state index < -0.39 is 0 Å². The molecular formula is C16H20N2O2. The molecule has 106 valence electrons. The summed E-state index contributed by atoms with van der Waals surface area (Å²) in [6.07, 6.45) is 2.64. The van der Waals surface area contributed by atoms with E-state index in [-0.39, 0.29) is 12.5 Å². The number of aliphatic hydroxyl groups excluding tert-OH is 1. The van der Waals surface area contributed by atoms with E-state index in [1.807, 2.05) is 49.6 Å². The number of aliphatic hydroxyl groups is 1. The zero-order valence-electron chi connectivity index (χ0n) is 11.7. The third kappa shape index (κ3) is 3.48. The van der Waals surface area contributed by atoms with Crippen molar-refractivity contribution in [2.45, 2.75) is 6.42 Å². The van der Waals surface area contributed by atoms with Gasteiger partial charge in [0, 0.05) is 26.3 Å². The molecule has 0 saturated carbocycles. The van der Waals surface area contributed by atoms with Crippen molar-refractivity contribution in [3.05, 3.63) is 59.9 Å². The van der Waals surface area contributed by atoms with E-state index in [0.29, 0.717) is 18.8 Å². The Kier molecular flexibility index (Phi) is 4.96. The summed E-state index contributed by atoms with van der Waals surface area (Å²) in [5, 5.41) is 9.15. The minimum absolute atomic E-state index is 0.0229. The summed E-state index contributed by atoms with van der Waals surface area (Å²) in [7, 11) is 1.85. The maximum Gasteiger partial charge on any atom is 0.270 e. The molecule has 2 rings (SSSR count). The highest BCUT2D eigenvalue weighted by atomic mass is 16.3. The van der Waals surface area contributed by atoms with Gasteiger partial charge in [-0.3, -0.25) is 4.79 Å². The fourth-order valence-corrected chi connectivity index (χ4v) is 2.19. The van der Waals surface area contributed by atoms with Gasteiger partial charge in [0.1, 0.15) is 5.69 Å².